The predicted octanol–water partition coefficient (Wildman–Crippen LogP) is 4.54. The topological polar surface area (TPSA) is 55.3 Å². The maximum atomic E-state index is 14.4. The molecule has 7 heteroatoms. The van der Waals surface area contributed by atoms with Crippen molar-refractivity contribution < 1.29 is 18.6 Å². The molecule has 6 nitrogen and oxygen atoms in total. The highest BCUT2D eigenvalue weighted by Gasteiger charge is 2.37. The molecule has 2 aromatic rings. The third-order valence-corrected chi connectivity index (χ3v) is 6.47. The molecular weight excluding hydrogens is 409 g/mol. The number of hydrazone groups is 1. The highest BCUT2D eigenvalue weighted by atomic mass is 19.1. The maximum Gasteiger partial charge on any atom is 0.154 e. The number of methoxy groups -OCH3 is 1. The molecule has 0 bridgehead atoms. The molecule has 168 valence electrons. The van der Waals surface area contributed by atoms with Crippen LogP contribution in [0.4, 0.5) is 10.1 Å². The van der Waals surface area contributed by atoms with Gasteiger partial charge in [0.15, 0.2) is 5.84 Å². The summed E-state index contributed by atoms with van der Waals surface area (Å²) in [5.41, 5.74) is 6.35. The molecular formula is C25H28FN3O3. The number of hydrogen-bond acceptors (Lipinski definition) is 6. The summed E-state index contributed by atoms with van der Waals surface area (Å²) in [4.78, 5) is 2.18. The Morgan fingerprint density at radius 3 is 2.72 bits per heavy atom. The quantitative estimate of drug-likeness (QED) is 0.744. The Morgan fingerprint density at radius 2 is 1.94 bits per heavy atom. The van der Waals surface area contributed by atoms with Gasteiger partial charge in [-0.15, -0.1) is 0 Å². The molecule has 1 fully saturated rings. The lowest BCUT2D eigenvalue weighted by Crippen LogP contribution is -2.50. The van der Waals surface area contributed by atoms with Gasteiger partial charge in [0.05, 0.1) is 11.3 Å². The summed E-state index contributed by atoms with van der Waals surface area (Å²) in [5.74, 6) is 1.07. The van der Waals surface area contributed by atoms with Crippen molar-refractivity contribution in [3.05, 3.63) is 65.0 Å². The number of nitrogens with one attached hydrogen (secondary N) is 1. The van der Waals surface area contributed by atoms with E-state index in [1.165, 1.54) is 12.1 Å². The molecule has 1 saturated heterocycles. The SMILES string of the molecule is COC1(c2cc(F)cc(OCc3ccc4c(c3)C=CC3=NNC(C)(C)N34)c2)CCOCC1. The Morgan fingerprint density at radius 1 is 1.12 bits per heavy atom. The molecule has 2 aromatic carbocycles. The fraction of sp³-hybridized carbons (Fsp3) is 0.400. The van der Waals surface area contributed by atoms with Gasteiger partial charge in [0.25, 0.3) is 0 Å². The van der Waals surface area contributed by atoms with Crippen LogP contribution in [0.3, 0.4) is 0 Å². The number of ether oxygens (including phenoxy) is 3. The van der Waals surface area contributed by atoms with Gasteiger partial charge in [-0.1, -0.05) is 6.07 Å². The van der Waals surface area contributed by atoms with E-state index in [0.717, 1.165) is 28.2 Å². The van der Waals surface area contributed by atoms with E-state index in [0.29, 0.717) is 38.4 Å². The Labute approximate surface area is 187 Å². The smallest absolute Gasteiger partial charge is 0.154 e. The van der Waals surface area contributed by atoms with Crippen LogP contribution in [0.1, 0.15) is 43.4 Å². The van der Waals surface area contributed by atoms with Crippen molar-refractivity contribution in [2.24, 2.45) is 5.10 Å². The zero-order valence-corrected chi connectivity index (χ0v) is 18.7. The van der Waals surface area contributed by atoms with Crippen molar-refractivity contribution >= 4 is 17.6 Å². The second kappa shape index (κ2) is 7.90. The van der Waals surface area contributed by atoms with E-state index in [1.54, 1.807) is 7.11 Å². The fourth-order valence-electron chi connectivity index (χ4n) is 4.70. The number of amidine groups is 1. The first-order valence-corrected chi connectivity index (χ1v) is 10.9. The molecule has 3 aliphatic heterocycles. The molecule has 0 spiro atoms. The van der Waals surface area contributed by atoms with E-state index in [1.807, 2.05) is 18.2 Å². The first-order valence-electron chi connectivity index (χ1n) is 10.9. The Kier molecular flexibility index (Phi) is 5.18. The maximum absolute atomic E-state index is 14.4. The Balaban J connectivity index is 1.36. The third-order valence-electron chi connectivity index (χ3n) is 6.47. The van der Waals surface area contributed by atoms with E-state index >= 15 is 0 Å². The lowest BCUT2D eigenvalue weighted by Gasteiger charge is -2.36. The molecule has 1 N–H and O–H groups in total. The highest BCUT2D eigenvalue weighted by Crippen LogP contribution is 2.38. The van der Waals surface area contributed by atoms with Gasteiger partial charge in [-0.25, -0.2) is 4.39 Å². The number of hydrogen-bond donors (Lipinski definition) is 1. The Hall–Kier alpha value is -2.90. The minimum atomic E-state index is -0.537. The summed E-state index contributed by atoms with van der Waals surface area (Å²) in [5, 5.41) is 4.40. The summed E-state index contributed by atoms with van der Waals surface area (Å²) in [6.07, 6.45) is 5.45. The summed E-state index contributed by atoms with van der Waals surface area (Å²) >= 11 is 0. The zero-order chi connectivity index (χ0) is 22.3. The van der Waals surface area contributed by atoms with Crippen molar-refractivity contribution in [1.82, 2.24) is 5.43 Å². The summed E-state index contributed by atoms with van der Waals surface area (Å²) in [6.45, 7) is 5.72. The van der Waals surface area contributed by atoms with E-state index in [-0.39, 0.29) is 11.5 Å². The van der Waals surface area contributed by atoms with Crippen molar-refractivity contribution in [3.63, 3.8) is 0 Å². The summed E-state index contributed by atoms with van der Waals surface area (Å²) in [7, 11) is 1.67. The summed E-state index contributed by atoms with van der Waals surface area (Å²) in [6, 6.07) is 11.1. The van der Waals surface area contributed by atoms with Crippen LogP contribution >= 0.6 is 0 Å². The van der Waals surface area contributed by atoms with Crippen LogP contribution in [-0.2, 0) is 21.7 Å². The minimum absolute atomic E-state index is 0.285. The van der Waals surface area contributed by atoms with Gasteiger partial charge in [-0.3, -0.25) is 10.3 Å². The second-order valence-electron chi connectivity index (χ2n) is 8.98. The third kappa shape index (κ3) is 3.65. The highest BCUT2D eigenvalue weighted by molar-refractivity contribution is 6.13. The fourth-order valence-corrected chi connectivity index (χ4v) is 4.70. The molecule has 3 aliphatic rings. The monoisotopic (exact) mass is 437 g/mol. The van der Waals surface area contributed by atoms with E-state index in [2.05, 4.69) is 47.5 Å². The number of anilines is 1. The number of fused-ring (bicyclic) bond motifs is 3. The molecule has 0 amide bonds. The normalized spacial score (nSPS) is 20.2. The first kappa shape index (κ1) is 21.0. The Bertz CT molecular complexity index is 1090. The van der Waals surface area contributed by atoms with Crippen LogP contribution in [-0.4, -0.2) is 31.8 Å². The van der Waals surface area contributed by atoms with Crippen molar-refractivity contribution in [2.45, 2.75) is 44.6 Å². The molecule has 0 aliphatic carbocycles. The second-order valence-corrected chi connectivity index (χ2v) is 8.98. The van der Waals surface area contributed by atoms with E-state index in [4.69, 9.17) is 14.2 Å². The molecule has 32 heavy (non-hydrogen) atoms. The van der Waals surface area contributed by atoms with Crippen LogP contribution in [0, 0.1) is 5.82 Å². The summed E-state index contributed by atoms with van der Waals surface area (Å²) < 4.78 is 31.7. The lowest BCUT2D eigenvalue weighted by molar-refractivity contribution is -0.0950. The van der Waals surface area contributed by atoms with Gasteiger partial charge in [0.1, 0.15) is 23.8 Å². The van der Waals surface area contributed by atoms with Gasteiger partial charge in [0, 0.05) is 39.2 Å². The molecule has 5 rings (SSSR count). The first-order chi connectivity index (χ1) is 15.4. The molecule has 0 unspecified atom stereocenters. The number of halogens is 1. The van der Waals surface area contributed by atoms with Crippen molar-refractivity contribution in [3.8, 4) is 5.75 Å². The van der Waals surface area contributed by atoms with E-state index < -0.39 is 5.60 Å². The van der Waals surface area contributed by atoms with Crippen molar-refractivity contribution in [2.75, 3.05) is 25.2 Å². The zero-order valence-electron chi connectivity index (χ0n) is 18.7. The molecule has 0 radical (unpaired) electrons. The molecule has 0 aromatic heterocycles. The van der Waals surface area contributed by atoms with Crippen LogP contribution in [0.15, 0.2) is 47.6 Å². The molecule has 0 saturated carbocycles. The standard InChI is InChI=1S/C25H28FN3O3/c1-24(2)28-27-23-7-5-18-12-17(4-6-22(18)29(23)24)16-32-21-14-19(13-20(26)15-21)25(30-3)8-10-31-11-9-25/h4-7,12-15,28H,8-11,16H2,1-3H3. The average Bonchev–Trinajstić information content (AvgIpc) is 3.12. The van der Waals surface area contributed by atoms with Crippen LogP contribution in [0.5, 0.6) is 5.75 Å². The minimum Gasteiger partial charge on any atom is -0.489 e. The van der Waals surface area contributed by atoms with Gasteiger partial charge in [-0.2, -0.15) is 5.10 Å². The predicted molar refractivity (Wildman–Crippen MR) is 122 cm³/mol. The van der Waals surface area contributed by atoms with Crippen LogP contribution < -0.4 is 15.1 Å². The number of benzene rings is 2. The molecule has 3 heterocycles. The van der Waals surface area contributed by atoms with E-state index in [9.17, 15) is 4.39 Å². The average molecular weight is 438 g/mol. The molecule has 0 atom stereocenters. The van der Waals surface area contributed by atoms with Gasteiger partial charge in [-0.05, 0) is 67.0 Å². The van der Waals surface area contributed by atoms with Gasteiger partial charge in [0.2, 0.25) is 0 Å². The van der Waals surface area contributed by atoms with Crippen LogP contribution in [0.2, 0.25) is 0 Å². The largest absolute Gasteiger partial charge is 0.489 e. The number of nitrogens with zero attached hydrogens (tertiary/aromatic N) is 2. The van der Waals surface area contributed by atoms with Gasteiger partial charge >= 0.3 is 0 Å². The van der Waals surface area contributed by atoms with Crippen molar-refractivity contribution in [1.29, 1.82) is 0 Å². The van der Waals surface area contributed by atoms with Crippen LogP contribution in [0.25, 0.3) is 6.08 Å². The number of rotatable bonds is 5. The van der Waals surface area contributed by atoms with Gasteiger partial charge < -0.3 is 14.2 Å². The lowest BCUT2D eigenvalue weighted by atomic mass is 9.86.